The maximum Gasteiger partial charge on any atom is 0.0945 e. The van der Waals surface area contributed by atoms with Crippen molar-refractivity contribution in [2.24, 2.45) is 0 Å². The Balaban J connectivity index is 1.77. The first-order valence-corrected chi connectivity index (χ1v) is 6.63. The van der Waals surface area contributed by atoms with Gasteiger partial charge in [-0.3, -0.25) is 0 Å². The minimum Gasteiger partial charge on any atom is -0.383 e. The van der Waals surface area contributed by atoms with Crippen LogP contribution in [0.3, 0.4) is 0 Å². The largest absolute Gasteiger partial charge is 0.383 e. The first-order valence-electron chi connectivity index (χ1n) is 6.63. The Morgan fingerprint density at radius 2 is 2.16 bits per heavy atom. The van der Waals surface area contributed by atoms with Gasteiger partial charge in [-0.25, -0.2) is 4.98 Å². The van der Waals surface area contributed by atoms with Gasteiger partial charge < -0.3 is 14.6 Å². The Hall–Kier alpha value is -1.65. The number of nitrogens with one attached hydrogen (secondary N) is 1. The molecular weight excluding hydrogens is 238 g/mol. The quantitative estimate of drug-likeness (QED) is 0.739. The summed E-state index contributed by atoms with van der Waals surface area (Å²) in [5.74, 6) is 0. The van der Waals surface area contributed by atoms with Crippen molar-refractivity contribution in [1.82, 2.24) is 14.9 Å². The third kappa shape index (κ3) is 4.50. The Morgan fingerprint density at radius 1 is 1.32 bits per heavy atom. The summed E-state index contributed by atoms with van der Waals surface area (Å²) < 4.78 is 7.38. The molecule has 4 heteroatoms. The molecule has 1 N–H and O–H groups in total. The number of benzene rings is 1. The standard InChI is InChI=1S/C15H21N3O/c1-19-12-15(14-6-3-2-4-7-14)17-8-5-10-18-11-9-16-13-18/h2-4,6-7,9,11,13,15,17H,5,8,10,12H2,1H3. The van der Waals surface area contributed by atoms with E-state index in [1.165, 1.54) is 5.56 Å². The molecule has 1 atom stereocenters. The third-order valence-electron chi connectivity index (χ3n) is 3.08. The SMILES string of the molecule is COCC(NCCCn1ccnc1)c1ccccc1. The lowest BCUT2D eigenvalue weighted by Crippen LogP contribution is -2.26. The fourth-order valence-corrected chi connectivity index (χ4v) is 2.08. The number of rotatable bonds is 8. The van der Waals surface area contributed by atoms with Crippen LogP contribution in [0.15, 0.2) is 49.1 Å². The molecule has 19 heavy (non-hydrogen) atoms. The van der Waals surface area contributed by atoms with Gasteiger partial charge in [0.25, 0.3) is 0 Å². The van der Waals surface area contributed by atoms with Crippen molar-refractivity contribution < 1.29 is 4.74 Å². The predicted molar refractivity (Wildman–Crippen MR) is 75.9 cm³/mol. The molecule has 0 aliphatic rings. The second-order valence-electron chi connectivity index (χ2n) is 4.53. The zero-order valence-electron chi connectivity index (χ0n) is 11.3. The smallest absolute Gasteiger partial charge is 0.0945 e. The van der Waals surface area contributed by atoms with E-state index in [1.807, 2.05) is 24.8 Å². The van der Waals surface area contributed by atoms with Gasteiger partial charge in [-0.15, -0.1) is 0 Å². The summed E-state index contributed by atoms with van der Waals surface area (Å²) in [6.45, 7) is 2.64. The van der Waals surface area contributed by atoms with Crippen LogP contribution in [-0.4, -0.2) is 29.8 Å². The van der Waals surface area contributed by atoms with E-state index in [0.29, 0.717) is 6.61 Å². The second-order valence-corrected chi connectivity index (χ2v) is 4.53. The molecule has 4 nitrogen and oxygen atoms in total. The molecule has 1 unspecified atom stereocenters. The number of imidazole rings is 1. The first kappa shape index (κ1) is 13.8. The van der Waals surface area contributed by atoms with Crippen LogP contribution in [0, 0.1) is 0 Å². The van der Waals surface area contributed by atoms with Crippen LogP contribution >= 0.6 is 0 Å². The van der Waals surface area contributed by atoms with Gasteiger partial charge >= 0.3 is 0 Å². The van der Waals surface area contributed by atoms with Crippen LogP contribution < -0.4 is 5.32 Å². The van der Waals surface area contributed by atoms with Crippen molar-refractivity contribution in [3.63, 3.8) is 0 Å². The van der Waals surface area contributed by atoms with Gasteiger partial charge in [0.15, 0.2) is 0 Å². The van der Waals surface area contributed by atoms with Crippen LogP contribution in [0.25, 0.3) is 0 Å². The van der Waals surface area contributed by atoms with Crippen LogP contribution in [0.1, 0.15) is 18.0 Å². The van der Waals surface area contributed by atoms with Crippen molar-refractivity contribution in [1.29, 1.82) is 0 Å². The minimum absolute atomic E-state index is 0.258. The molecule has 0 amide bonds. The van der Waals surface area contributed by atoms with Crippen LogP contribution in [0.5, 0.6) is 0 Å². The van der Waals surface area contributed by atoms with E-state index in [2.05, 4.69) is 39.1 Å². The van der Waals surface area contributed by atoms with Gasteiger partial charge in [0.05, 0.1) is 19.0 Å². The number of nitrogens with zero attached hydrogens (tertiary/aromatic N) is 2. The number of hydrogen-bond acceptors (Lipinski definition) is 3. The Bertz CT molecular complexity index is 442. The summed E-state index contributed by atoms with van der Waals surface area (Å²) in [6, 6.07) is 10.7. The van der Waals surface area contributed by atoms with E-state index >= 15 is 0 Å². The molecule has 0 radical (unpaired) electrons. The summed E-state index contributed by atoms with van der Waals surface area (Å²) >= 11 is 0. The summed E-state index contributed by atoms with van der Waals surface area (Å²) in [7, 11) is 1.74. The highest BCUT2D eigenvalue weighted by molar-refractivity contribution is 5.18. The third-order valence-corrected chi connectivity index (χ3v) is 3.08. The van der Waals surface area contributed by atoms with E-state index in [-0.39, 0.29) is 6.04 Å². The van der Waals surface area contributed by atoms with E-state index in [9.17, 15) is 0 Å². The Morgan fingerprint density at radius 3 is 2.84 bits per heavy atom. The van der Waals surface area contributed by atoms with E-state index < -0.39 is 0 Å². The minimum atomic E-state index is 0.258. The fourth-order valence-electron chi connectivity index (χ4n) is 2.08. The summed E-state index contributed by atoms with van der Waals surface area (Å²) in [6.07, 6.45) is 6.72. The molecule has 0 spiro atoms. The van der Waals surface area contributed by atoms with Gasteiger partial charge in [0.2, 0.25) is 0 Å². The van der Waals surface area contributed by atoms with Crippen molar-refractivity contribution in [2.45, 2.75) is 19.0 Å². The van der Waals surface area contributed by atoms with Crippen molar-refractivity contribution in [3.8, 4) is 0 Å². The highest BCUT2D eigenvalue weighted by Crippen LogP contribution is 2.12. The lowest BCUT2D eigenvalue weighted by molar-refractivity contribution is 0.166. The molecule has 2 aromatic rings. The zero-order chi connectivity index (χ0) is 13.3. The monoisotopic (exact) mass is 259 g/mol. The highest BCUT2D eigenvalue weighted by atomic mass is 16.5. The zero-order valence-corrected chi connectivity index (χ0v) is 11.3. The topological polar surface area (TPSA) is 39.1 Å². The highest BCUT2D eigenvalue weighted by Gasteiger charge is 2.09. The molecule has 1 heterocycles. The van der Waals surface area contributed by atoms with Crippen LogP contribution in [0.4, 0.5) is 0 Å². The molecule has 0 aliphatic carbocycles. The predicted octanol–water partition coefficient (Wildman–Crippen LogP) is 2.25. The summed E-state index contributed by atoms with van der Waals surface area (Å²) in [5.41, 5.74) is 1.27. The molecule has 0 bridgehead atoms. The molecule has 1 aromatic heterocycles. The number of ether oxygens (including phenoxy) is 1. The van der Waals surface area contributed by atoms with Gasteiger partial charge in [-0.1, -0.05) is 30.3 Å². The van der Waals surface area contributed by atoms with E-state index in [4.69, 9.17) is 4.74 Å². The van der Waals surface area contributed by atoms with Crippen molar-refractivity contribution in [2.75, 3.05) is 20.3 Å². The number of aryl methyl sites for hydroxylation is 1. The molecule has 0 saturated carbocycles. The second kappa shape index (κ2) is 7.71. The van der Waals surface area contributed by atoms with Crippen LogP contribution in [0.2, 0.25) is 0 Å². The Kier molecular flexibility index (Phi) is 5.59. The summed E-state index contributed by atoms with van der Waals surface area (Å²) in [5, 5.41) is 3.54. The maximum atomic E-state index is 5.28. The fraction of sp³-hybridized carbons (Fsp3) is 0.400. The van der Waals surface area contributed by atoms with Gasteiger partial charge in [-0.05, 0) is 18.5 Å². The van der Waals surface area contributed by atoms with Gasteiger partial charge in [-0.2, -0.15) is 0 Å². The van der Waals surface area contributed by atoms with Gasteiger partial charge in [0, 0.05) is 26.0 Å². The lowest BCUT2D eigenvalue weighted by Gasteiger charge is -2.18. The van der Waals surface area contributed by atoms with Gasteiger partial charge in [0.1, 0.15) is 0 Å². The molecular formula is C15H21N3O. The molecule has 1 aromatic carbocycles. The number of methoxy groups -OCH3 is 1. The average molecular weight is 259 g/mol. The van der Waals surface area contributed by atoms with Crippen LogP contribution in [-0.2, 0) is 11.3 Å². The molecule has 0 aliphatic heterocycles. The maximum absolute atomic E-state index is 5.28. The first-order chi connectivity index (χ1) is 9.40. The molecule has 0 fully saturated rings. The normalized spacial score (nSPS) is 12.5. The average Bonchev–Trinajstić information content (AvgIpc) is 2.96. The van der Waals surface area contributed by atoms with Crippen molar-refractivity contribution in [3.05, 3.63) is 54.6 Å². The molecule has 0 saturated heterocycles. The molecule has 102 valence electrons. The Labute approximate surface area is 114 Å². The summed E-state index contributed by atoms with van der Waals surface area (Å²) in [4.78, 5) is 4.04. The number of hydrogen-bond donors (Lipinski definition) is 1. The lowest BCUT2D eigenvalue weighted by atomic mass is 10.1. The van der Waals surface area contributed by atoms with Crippen molar-refractivity contribution >= 4 is 0 Å². The molecule has 2 rings (SSSR count). The van der Waals surface area contributed by atoms with E-state index in [1.54, 1.807) is 7.11 Å². The number of aromatic nitrogens is 2. The van der Waals surface area contributed by atoms with E-state index in [0.717, 1.165) is 19.5 Å².